The van der Waals surface area contributed by atoms with Gasteiger partial charge in [-0.2, -0.15) is 0 Å². The van der Waals surface area contributed by atoms with Gasteiger partial charge in [-0.05, 0) is 19.8 Å². The summed E-state index contributed by atoms with van der Waals surface area (Å²) in [5.41, 5.74) is -1.66. The van der Waals surface area contributed by atoms with Gasteiger partial charge in [-0.1, -0.05) is 23.9 Å². The summed E-state index contributed by atoms with van der Waals surface area (Å²) < 4.78 is 58.3. The van der Waals surface area contributed by atoms with Crippen LogP contribution >= 0.6 is 0 Å². The van der Waals surface area contributed by atoms with Crippen LogP contribution in [0.1, 0.15) is 42.7 Å². The summed E-state index contributed by atoms with van der Waals surface area (Å²) >= 11 is 0. The third kappa shape index (κ3) is 3.39. The van der Waals surface area contributed by atoms with Crippen LogP contribution in [0.3, 0.4) is 0 Å². The smallest absolute Gasteiger partial charge is 0.264 e. The molecule has 126 valence electrons. The second-order valence-electron chi connectivity index (χ2n) is 5.19. The zero-order valence-electron chi connectivity index (χ0n) is 12.5. The summed E-state index contributed by atoms with van der Waals surface area (Å²) in [5.74, 6) is 0.432. The molecule has 1 aromatic heterocycles. The first-order valence-electron chi connectivity index (χ1n) is 7.15. The van der Waals surface area contributed by atoms with Crippen LogP contribution in [-0.2, 0) is 6.61 Å². The summed E-state index contributed by atoms with van der Waals surface area (Å²) in [4.78, 5) is 0. The Balaban J connectivity index is 2.70. The van der Waals surface area contributed by atoms with Crippen LogP contribution in [0.4, 0.5) is 17.6 Å². The number of nitrogens with zero attached hydrogens (tertiary/aromatic N) is 1. The van der Waals surface area contributed by atoms with Crippen LogP contribution in [0.25, 0.3) is 5.57 Å². The predicted octanol–water partition coefficient (Wildman–Crippen LogP) is 4.46. The molecule has 1 aliphatic carbocycles. The lowest BCUT2D eigenvalue weighted by molar-refractivity contribution is 0.189. The van der Waals surface area contributed by atoms with Gasteiger partial charge < -0.3 is 9.63 Å². The molecule has 1 saturated carbocycles. The van der Waals surface area contributed by atoms with Gasteiger partial charge in [0.25, 0.3) is 12.9 Å². The topological polar surface area (TPSA) is 46.3 Å². The van der Waals surface area contributed by atoms with Crippen molar-refractivity contribution in [2.75, 3.05) is 0 Å². The minimum Gasteiger partial charge on any atom is -0.391 e. The Morgan fingerprint density at radius 3 is 2.39 bits per heavy atom. The highest BCUT2D eigenvalue weighted by molar-refractivity contribution is 5.83. The molecule has 0 aliphatic heterocycles. The number of hydrogen-bond acceptors (Lipinski definition) is 3. The highest BCUT2D eigenvalue weighted by Crippen LogP contribution is 2.45. The van der Waals surface area contributed by atoms with E-state index in [0.717, 1.165) is 25.0 Å². The van der Waals surface area contributed by atoms with Crippen LogP contribution < -0.4 is 0 Å². The molecule has 1 N–H and O–H groups in total. The van der Waals surface area contributed by atoms with Gasteiger partial charge in [0.1, 0.15) is 11.5 Å². The fourth-order valence-corrected chi connectivity index (χ4v) is 2.46. The van der Waals surface area contributed by atoms with Gasteiger partial charge in [0.05, 0.1) is 6.61 Å². The van der Waals surface area contributed by atoms with E-state index in [1.54, 1.807) is 0 Å². The quantitative estimate of drug-likeness (QED) is 0.593. The second-order valence-corrected chi connectivity index (χ2v) is 5.19. The number of rotatable bonds is 7. The average Bonchev–Trinajstić information content (AvgIpc) is 3.25. The molecule has 0 radical (unpaired) electrons. The maximum Gasteiger partial charge on any atom is 0.264 e. The van der Waals surface area contributed by atoms with Crippen molar-refractivity contribution in [3.8, 4) is 0 Å². The van der Waals surface area contributed by atoms with E-state index < -0.39 is 36.2 Å². The maximum absolute atomic E-state index is 13.3. The lowest BCUT2D eigenvalue weighted by Crippen LogP contribution is -2.09. The SMILES string of the molecule is C=C/C(=C(\C(=C/C)C(F)F)c1noc(C2CC2)c1CO)C(F)F. The van der Waals surface area contributed by atoms with Crippen LogP contribution in [0.2, 0.25) is 0 Å². The molecule has 0 unspecified atom stereocenters. The third-order valence-electron chi connectivity index (χ3n) is 3.74. The monoisotopic (exact) mass is 331 g/mol. The normalized spacial score (nSPS) is 17.0. The van der Waals surface area contributed by atoms with E-state index in [-0.39, 0.29) is 17.2 Å². The van der Waals surface area contributed by atoms with E-state index in [2.05, 4.69) is 11.7 Å². The van der Waals surface area contributed by atoms with E-state index in [9.17, 15) is 22.7 Å². The zero-order valence-corrected chi connectivity index (χ0v) is 12.5. The molecule has 23 heavy (non-hydrogen) atoms. The lowest BCUT2D eigenvalue weighted by Gasteiger charge is -2.14. The Kier molecular flexibility index (Phi) is 5.41. The molecule has 3 nitrogen and oxygen atoms in total. The second kappa shape index (κ2) is 7.12. The number of allylic oxidation sites excluding steroid dienone is 5. The Bertz CT molecular complexity index is 643. The molecule has 0 aromatic carbocycles. The molecule has 0 spiro atoms. The van der Waals surface area contributed by atoms with Gasteiger partial charge in [-0.25, -0.2) is 17.6 Å². The van der Waals surface area contributed by atoms with Crippen LogP contribution in [0, 0.1) is 0 Å². The van der Waals surface area contributed by atoms with Crippen LogP contribution in [-0.4, -0.2) is 23.1 Å². The molecular weight excluding hydrogens is 314 g/mol. The highest BCUT2D eigenvalue weighted by atomic mass is 19.3. The lowest BCUT2D eigenvalue weighted by atomic mass is 9.93. The van der Waals surface area contributed by atoms with E-state index in [0.29, 0.717) is 5.76 Å². The number of aliphatic hydroxyl groups is 1. The fraction of sp³-hybridized carbons (Fsp3) is 0.438. The van der Waals surface area contributed by atoms with Gasteiger partial charge >= 0.3 is 0 Å². The molecule has 0 saturated heterocycles. The molecule has 0 bridgehead atoms. The van der Waals surface area contributed by atoms with Crippen molar-refractivity contribution in [2.45, 2.75) is 45.1 Å². The molecule has 7 heteroatoms. The average molecular weight is 331 g/mol. The Morgan fingerprint density at radius 1 is 1.35 bits per heavy atom. The van der Waals surface area contributed by atoms with E-state index >= 15 is 0 Å². The van der Waals surface area contributed by atoms with Crippen molar-refractivity contribution in [1.82, 2.24) is 5.16 Å². The van der Waals surface area contributed by atoms with Crippen molar-refractivity contribution in [3.63, 3.8) is 0 Å². The minimum atomic E-state index is -3.01. The largest absolute Gasteiger partial charge is 0.391 e. The van der Waals surface area contributed by atoms with Crippen molar-refractivity contribution < 1.29 is 27.2 Å². The summed E-state index contributed by atoms with van der Waals surface area (Å²) in [5, 5.41) is 13.3. The minimum absolute atomic E-state index is 0.0546. The molecule has 1 aliphatic rings. The Morgan fingerprint density at radius 2 is 2.00 bits per heavy atom. The van der Waals surface area contributed by atoms with Crippen LogP contribution in [0.15, 0.2) is 34.4 Å². The predicted molar refractivity (Wildman–Crippen MR) is 77.3 cm³/mol. The van der Waals surface area contributed by atoms with Gasteiger partial charge in [0.2, 0.25) is 0 Å². The molecule has 1 fully saturated rings. The van der Waals surface area contributed by atoms with E-state index in [1.165, 1.54) is 6.92 Å². The molecular formula is C16H17F4NO2. The fourth-order valence-electron chi connectivity index (χ4n) is 2.46. The third-order valence-corrected chi connectivity index (χ3v) is 3.74. The summed E-state index contributed by atoms with van der Waals surface area (Å²) in [6.07, 6.45) is -2.44. The first kappa shape index (κ1) is 17.5. The van der Waals surface area contributed by atoms with Crippen molar-refractivity contribution in [1.29, 1.82) is 0 Å². The summed E-state index contributed by atoms with van der Waals surface area (Å²) in [6, 6.07) is 0. The maximum atomic E-state index is 13.3. The Hall–Kier alpha value is -1.89. The van der Waals surface area contributed by atoms with E-state index in [1.807, 2.05) is 0 Å². The molecule has 0 amide bonds. The van der Waals surface area contributed by atoms with Crippen molar-refractivity contribution in [3.05, 3.63) is 46.9 Å². The van der Waals surface area contributed by atoms with Crippen molar-refractivity contribution in [2.24, 2.45) is 0 Å². The first-order chi connectivity index (χ1) is 11.0. The van der Waals surface area contributed by atoms with Gasteiger partial charge in [-0.3, -0.25) is 0 Å². The number of hydrogen-bond donors (Lipinski definition) is 1. The van der Waals surface area contributed by atoms with Crippen molar-refractivity contribution >= 4 is 5.57 Å². The van der Waals surface area contributed by atoms with Gasteiger partial charge in [0, 0.05) is 28.2 Å². The summed E-state index contributed by atoms with van der Waals surface area (Å²) in [6.45, 7) is 4.09. The summed E-state index contributed by atoms with van der Waals surface area (Å²) in [7, 11) is 0. The number of alkyl halides is 4. The molecule has 1 aromatic rings. The van der Waals surface area contributed by atoms with Gasteiger partial charge in [0.15, 0.2) is 0 Å². The molecule has 0 atom stereocenters. The van der Waals surface area contributed by atoms with Gasteiger partial charge in [-0.15, -0.1) is 0 Å². The Labute approximate surface area is 131 Å². The highest BCUT2D eigenvalue weighted by Gasteiger charge is 2.35. The number of aliphatic hydroxyl groups excluding tert-OH is 1. The zero-order chi connectivity index (χ0) is 17.1. The first-order valence-corrected chi connectivity index (χ1v) is 7.15. The number of aromatic nitrogens is 1. The van der Waals surface area contributed by atoms with E-state index in [4.69, 9.17) is 4.52 Å². The standard InChI is InChI=1S/C16H17F4NO2/c1-3-9(15(17)18)12(10(4-2)16(19)20)13-11(7-22)14(23-21-13)8-5-6-8/h3-4,8,15-16,22H,1,5-7H2,2H3/b10-4+,12-9-. The van der Waals surface area contributed by atoms with Crippen LogP contribution in [0.5, 0.6) is 0 Å². The molecule has 2 rings (SSSR count). The number of halogens is 4. The molecule has 1 heterocycles.